The summed E-state index contributed by atoms with van der Waals surface area (Å²) in [5.74, 6) is 0. The van der Waals surface area contributed by atoms with Gasteiger partial charge in [-0.3, -0.25) is 0 Å². The van der Waals surface area contributed by atoms with Crippen LogP contribution >= 0.6 is 0 Å². The molecule has 0 spiro atoms. The van der Waals surface area contributed by atoms with Crippen LogP contribution in [0.4, 0.5) is 0 Å². The Hall–Kier alpha value is -1.17. The van der Waals surface area contributed by atoms with Gasteiger partial charge in [-0.1, -0.05) is 88.4 Å². The highest BCUT2D eigenvalue weighted by atomic mass is 28.4. The summed E-state index contributed by atoms with van der Waals surface area (Å²) >= 11 is 0. The van der Waals surface area contributed by atoms with Crippen LogP contribution in [-0.2, 0) is 4.12 Å². The zero-order valence-corrected chi connectivity index (χ0v) is 17.0. The van der Waals surface area contributed by atoms with Crippen molar-refractivity contribution in [3.05, 3.63) is 60.7 Å². The van der Waals surface area contributed by atoms with Gasteiger partial charge in [-0.05, 0) is 34.5 Å². The molecule has 0 heterocycles. The SMILES string of the molecule is CC[Si](CC)(O[Si](CC)(CC)c1ccccc1)c1ccccc1. The van der Waals surface area contributed by atoms with Gasteiger partial charge in [0.1, 0.15) is 0 Å². The molecule has 0 aliphatic rings. The van der Waals surface area contributed by atoms with E-state index in [1.54, 1.807) is 0 Å². The van der Waals surface area contributed by atoms with Crippen LogP contribution in [0.1, 0.15) is 27.7 Å². The lowest BCUT2D eigenvalue weighted by Crippen LogP contribution is -2.62. The zero-order chi connectivity index (χ0) is 16.8. The van der Waals surface area contributed by atoms with Gasteiger partial charge < -0.3 is 4.12 Å². The highest BCUT2D eigenvalue weighted by Crippen LogP contribution is 2.27. The summed E-state index contributed by atoms with van der Waals surface area (Å²) in [5.41, 5.74) is 0. The van der Waals surface area contributed by atoms with Crippen molar-refractivity contribution in [2.24, 2.45) is 0 Å². The molecule has 124 valence electrons. The fourth-order valence-corrected chi connectivity index (χ4v) is 14.1. The second-order valence-electron chi connectivity index (χ2n) is 6.24. The number of rotatable bonds is 8. The molecule has 2 aromatic rings. The quantitative estimate of drug-likeness (QED) is 0.627. The largest absolute Gasteiger partial charge is 0.448 e. The van der Waals surface area contributed by atoms with Gasteiger partial charge in [-0.25, -0.2) is 0 Å². The third-order valence-electron chi connectivity index (χ3n) is 5.27. The Kier molecular flexibility index (Phi) is 6.39. The second-order valence-corrected chi connectivity index (χ2v) is 15.0. The molecule has 3 heteroatoms. The lowest BCUT2D eigenvalue weighted by Gasteiger charge is -2.41. The molecule has 1 nitrogen and oxygen atoms in total. The van der Waals surface area contributed by atoms with Crippen LogP contribution in [-0.4, -0.2) is 16.6 Å². The van der Waals surface area contributed by atoms with Crippen LogP contribution in [0.15, 0.2) is 60.7 Å². The first kappa shape index (κ1) is 18.2. The Morgan fingerprint density at radius 3 is 1.13 bits per heavy atom. The molecular formula is C20H30OSi2. The fraction of sp³-hybridized carbons (Fsp3) is 0.400. The van der Waals surface area contributed by atoms with E-state index >= 15 is 0 Å². The van der Waals surface area contributed by atoms with Crippen molar-refractivity contribution in [1.29, 1.82) is 0 Å². The van der Waals surface area contributed by atoms with Crippen molar-refractivity contribution in [1.82, 2.24) is 0 Å². The Balaban J connectivity index is 2.48. The molecule has 2 aromatic carbocycles. The first-order chi connectivity index (χ1) is 11.2. The summed E-state index contributed by atoms with van der Waals surface area (Å²) in [6.07, 6.45) is 0. The van der Waals surface area contributed by atoms with E-state index in [4.69, 9.17) is 4.12 Å². The average Bonchev–Trinajstić information content (AvgIpc) is 2.65. The van der Waals surface area contributed by atoms with Gasteiger partial charge in [0.25, 0.3) is 0 Å². The first-order valence-electron chi connectivity index (χ1n) is 8.97. The molecule has 0 aromatic heterocycles. The monoisotopic (exact) mass is 342 g/mol. The Morgan fingerprint density at radius 2 is 0.870 bits per heavy atom. The van der Waals surface area contributed by atoms with Crippen LogP contribution < -0.4 is 10.4 Å². The van der Waals surface area contributed by atoms with E-state index in [0.717, 1.165) is 24.2 Å². The highest BCUT2D eigenvalue weighted by molar-refractivity contribution is 6.98. The van der Waals surface area contributed by atoms with Gasteiger partial charge in [-0.2, -0.15) is 0 Å². The molecule has 0 saturated carbocycles. The minimum atomic E-state index is -1.92. The maximum Gasteiger partial charge on any atom is 0.211 e. The Bertz CT molecular complexity index is 522. The average molecular weight is 343 g/mol. The smallest absolute Gasteiger partial charge is 0.211 e. The van der Waals surface area contributed by atoms with Gasteiger partial charge >= 0.3 is 0 Å². The summed E-state index contributed by atoms with van der Waals surface area (Å²) in [6, 6.07) is 26.6. The standard InChI is InChI=1S/C20H30OSi2/c1-5-22(6-2,19-15-11-9-12-16-19)21-23(7-3,8-4)20-17-13-10-14-18-20/h9-18H,5-8H2,1-4H3. The van der Waals surface area contributed by atoms with E-state index in [0.29, 0.717) is 0 Å². The van der Waals surface area contributed by atoms with Crippen molar-refractivity contribution in [3.63, 3.8) is 0 Å². The van der Waals surface area contributed by atoms with Gasteiger partial charge in [0.2, 0.25) is 16.6 Å². The van der Waals surface area contributed by atoms with Gasteiger partial charge in [0, 0.05) is 0 Å². The van der Waals surface area contributed by atoms with Crippen molar-refractivity contribution < 1.29 is 4.12 Å². The molecule has 0 N–H and O–H groups in total. The summed E-state index contributed by atoms with van der Waals surface area (Å²) in [4.78, 5) is 0. The van der Waals surface area contributed by atoms with Crippen LogP contribution in [0.2, 0.25) is 24.2 Å². The van der Waals surface area contributed by atoms with Crippen molar-refractivity contribution >= 4 is 27.0 Å². The molecule has 23 heavy (non-hydrogen) atoms. The molecular weight excluding hydrogens is 312 g/mol. The van der Waals surface area contributed by atoms with Crippen LogP contribution in [0.5, 0.6) is 0 Å². The minimum Gasteiger partial charge on any atom is -0.448 e. The lowest BCUT2D eigenvalue weighted by atomic mass is 10.4. The van der Waals surface area contributed by atoms with Crippen molar-refractivity contribution in [2.75, 3.05) is 0 Å². The number of hydrogen-bond acceptors (Lipinski definition) is 1. The third kappa shape index (κ3) is 3.68. The van der Waals surface area contributed by atoms with E-state index in [9.17, 15) is 0 Å². The second kappa shape index (κ2) is 8.09. The Morgan fingerprint density at radius 1 is 0.565 bits per heavy atom. The summed E-state index contributed by atoms with van der Waals surface area (Å²) in [5, 5.41) is 2.92. The van der Waals surface area contributed by atoms with Crippen LogP contribution in [0, 0.1) is 0 Å². The fourth-order valence-electron chi connectivity index (χ4n) is 3.58. The van der Waals surface area contributed by atoms with Gasteiger partial charge in [0.15, 0.2) is 0 Å². The van der Waals surface area contributed by atoms with E-state index in [1.807, 2.05) is 0 Å². The first-order valence-corrected chi connectivity index (χ1v) is 13.6. The molecule has 0 saturated heterocycles. The molecule has 0 bridgehead atoms. The molecule has 0 aliphatic heterocycles. The predicted octanol–water partition coefficient (Wildman–Crippen LogP) is 4.79. The maximum absolute atomic E-state index is 7.27. The zero-order valence-electron chi connectivity index (χ0n) is 15.0. The van der Waals surface area contributed by atoms with Crippen LogP contribution in [0.25, 0.3) is 0 Å². The highest BCUT2D eigenvalue weighted by Gasteiger charge is 2.44. The molecule has 0 fully saturated rings. The number of hydrogen-bond donors (Lipinski definition) is 0. The summed E-state index contributed by atoms with van der Waals surface area (Å²) < 4.78 is 7.27. The van der Waals surface area contributed by atoms with Crippen molar-refractivity contribution in [3.8, 4) is 0 Å². The topological polar surface area (TPSA) is 9.23 Å². The van der Waals surface area contributed by atoms with Crippen LogP contribution in [0.3, 0.4) is 0 Å². The molecule has 0 atom stereocenters. The van der Waals surface area contributed by atoms with Crippen molar-refractivity contribution in [2.45, 2.75) is 51.9 Å². The molecule has 2 rings (SSSR count). The molecule has 0 aliphatic carbocycles. The predicted molar refractivity (Wildman–Crippen MR) is 107 cm³/mol. The van der Waals surface area contributed by atoms with E-state index in [2.05, 4.69) is 88.4 Å². The van der Waals surface area contributed by atoms with Gasteiger partial charge in [0.05, 0.1) is 0 Å². The van der Waals surface area contributed by atoms with E-state index in [1.165, 1.54) is 10.4 Å². The molecule has 0 amide bonds. The van der Waals surface area contributed by atoms with Gasteiger partial charge in [-0.15, -0.1) is 0 Å². The van der Waals surface area contributed by atoms with E-state index in [-0.39, 0.29) is 0 Å². The summed E-state index contributed by atoms with van der Waals surface area (Å²) in [7, 11) is -3.84. The molecule has 0 unspecified atom stereocenters. The summed E-state index contributed by atoms with van der Waals surface area (Å²) in [6.45, 7) is 9.27. The number of benzene rings is 2. The van der Waals surface area contributed by atoms with E-state index < -0.39 is 16.6 Å². The Labute approximate surface area is 144 Å². The lowest BCUT2D eigenvalue weighted by molar-refractivity contribution is 0.540. The maximum atomic E-state index is 7.27. The minimum absolute atomic E-state index is 1.15. The molecule has 0 radical (unpaired) electrons. The normalized spacial score (nSPS) is 12.3. The third-order valence-corrected chi connectivity index (χ3v) is 15.7.